The zero-order valence-corrected chi connectivity index (χ0v) is 14.0. The molecule has 0 aromatic carbocycles. The predicted molar refractivity (Wildman–Crippen MR) is 83.9 cm³/mol. The molecule has 0 bridgehead atoms. The molecular formula is C14H25N3O3S. The third-order valence-electron chi connectivity index (χ3n) is 3.10. The monoisotopic (exact) mass is 315 g/mol. The average Bonchev–Trinajstić information content (AvgIpc) is 2.46. The maximum absolute atomic E-state index is 12.8. The molecule has 1 unspecified atom stereocenters. The molecule has 0 amide bonds. The maximum atomic E-state index is 12.8. The largest absolute Gasteiger partial charge is 0.383 e. The summed E-state index contributed by atoms with van der Waals surface area (Å²) in [7, 11) is -2.09. The fourth-order valence-electron chi connectivity index (χ4n) is 2.14. The minimum atomic E-state index is -3.65. The first-order valence-electron chi connectivity index (χ1n) is 7.18. The topological polar surface area (TPSA) is 71.5 Å². The Labute approximate surface area is 127 Å². The van der Waals surface area contributed by atoms with E-state index in [2.05, 4.69) is 10.3 Å². The lowest BCUT2D eigenvalue weighted by Gasteiger charge is -2.27. The number of nitrogens with one attached hydrogen (secondary N) is 1. The van der Waals surface area contributed by atoms with Crippen LogP contribution >= 0.6 is 0 Å². The maximum Gasteiger partial charge on any atom is 0.262 e. The number of nitrogens with zero attached hydrogens (tertiary/aromatic N) is 2. The Balaban J connectivity index is 3.16. The number of hydrogen-bond donors (Lipinski definition) is 1. The van der Waals surface area contributed by atoms with Gasteiger partial charge >= 0.3 is 0 Å². The summed E-state index contributed by atoms with van der Waals surface area (Å²) >= 11 is 0. The van der Waals surface area contributed by atoms with Gasteiger partial charge in [-0.25, -0.2) is 13.4 Å². The lowest BCUT2D eigenvalue weighted by molar-refractivity contribution is 0.142. The number of anilines is 1. The molecule has 21 heavy (non-hydrogen) atoms. The zero-order chi connectivity index (χ0) is 15.9. The molecule has 1 aromatic heterocycles. The minimum absolute atomic E-state index is 0.0725. The van der Waals surface area contributed by atoms with E-state index in [0.717, 1.165) is 6.42 Å². The number of sulfonamides is 1. The third kappa shape index (κ3) is 4.39. The van der Waals surface area contributed by atoms with E-state index >= 15 is 0 Å². The normalized spacial score (nSPS) is 13.4. The lowest BCUT2D eigenvalue weighted by Crippen LogP contribution is -2.41. The first kappa shape index (κ1) is 17.9. The molecule has 0 fully saturated rings. The van der Waals surface area contributed by atoms with Crippen LogP contribution in [0.15, 0.2) is 23.4 Å². The van der Waals surface area contributed by atoms with Gasteiger partial charge < -0.3 is 10.1 Å². The van der Waals surface area contributed by atoms with Crippen molar-refractivity contribution in [2.75, 3.05) is 32.1 Å². The smallest absolute Gasteiger partial charge is 0.262 e. The van der Waals surface area contributed by atoms with E-state index in [0.29, 0.717) is 25.4 Å². The number of methoxy groups -OCH3 is 1. The van der Waals surface area contributed by atoms with Crippen molar-refractivity contribution in [2.45, 2.75) is 38.3 Å². The number of rotatable bonds is 9. The number of hydrogen-bond acceptors (Lipinski definition) is 5. The summed E-state index contributed by atoms with van der Waals surface area (Å²) in [5.41, 5.74) is 0.544. The van der Waals surface area contributed by atoms with Crippen LogP contribution in [0, 0.1) is 0 Å². The molecule has 0 saturated heterocycles. The Morgan fingerprint density at radius 1 is 1.43 bits per heavy atom. The highest BCUT2D eigenvalue weighted by Crippen LogP contribution is 2.23. The van der Waals surface area contributed by atoms with Gasteiger partial charge in [0, 0.05) is 32.4 Å². The first-order valence-corrected chi connectivity index (χ1v) is 8.62. The van der Waals surface area contributed by atoms with Crippen LogP contribution < -0.4 is 5.32 Å². The van der Waals surface area contributed by atoms with E-state index in [4.69, 9.17) is 4.74 Å². The molecule has 1 rings (SSSR count). The zero-order valence-electron chi connectivity index (χ0n) is 13.2. The summed E-state index contributed by atoms with van der Waals surface area (Å²) in [6.45, 7) is 7.08. The van der Waals surface area contributed by atoms with Crippen molar-refractivity contribution in [1.29, 1.82) is 0 Å². The first-order chi connectivity index (χ1) is 9.98. The SMILES string of the molecule is CCCNc1cccnc1S(=O)(=O)N(CC)C(C)COC. The van der Waals surface area contributed by atoms with Crippen molar-refractivity contribution in [2.24, 2.45) is 0 Å². The van der Waals surface area contributed by atoms with E-state index in [9.17, 15) is 8.42 Å². The Bertz CT molecular complexity index is 534. The Hall–Kier alpha value is -1.18. The molecule has 0 aliphatic carbocycles. The molecule has 0 saturated carbocycles. The Morgan fingerprint density at radius 3 is 2.71 bits per heavy atom. The highest BCUT2D eigenvalue weighted by Gasteiger charge is 2.30. The molecule has 6 nitrogen and oxygen atoms in total. The molecule has 1 aromatic rings. The van der Waals surface area contributed by atoms with Crippen LogP contribution in [0.2, 0.25) is 0 Å². The summed E-state index contributed by atoms with van der Waals surface area (Å²) in [5.74, 6) is 0. The van der Waals surface area contributed by atoms with E-state index in [1.54, 1.807) is 19.2 Å². The number of likely N-dealkylation sites (N-methyl/N-ethyl adjacent to an activating group) is 1. The van der Waals surface area contributed by atoms with Crippen molar-refractivity contribution in [3.05, 3.63) is 18.3 Å². The Kier molecular flexibility index (Phi) is 7.07. The summed E-state index contributed by atoms with van der Waals surface area (Å²) < 4.78 is 32.1. The molecule has 1 N–H and O–H groups in total. The van der Waals surface area contributed by atoms with E-state index in [1.807, 2.05) is 20.8 Å². The summed E-state index contributed by atoms with van der Waals surface area (Å²) in [6.07, 6.45) is 2.41. The van der Waals surface area contributed by atoms with Crippen molar-refractivity contribution in [3.8, 4) is 0 Å². The van der Waals surface area contributed by atoms with E-state index in [-0.39, 0.29) is 11.1 Å². The molecule has 1 heterocycles. The van der Waals surface area contributed by atoms with Gasteiger partial charge in [-0.2, -0.15) is 4.31 Å². The average molecular weight is 315 g/mol. The predicted octanol–water partition coefficient (Wildman–Crippen LogP) is 1.95. The highest BCUT2D eigenvalue weighted by molar-refractivity contribution is 7.89. The van der Waals surface area contributed by atoms with Gasteiger partial charge in [-0.15, -0.1) is 0 Å². The van der Waals surface area contributed by atoms with Crippen LogP contribution in [-0.4, -0.2) is 50.6 Å². The molecule has 7 heteroatoms. The van der Waals surface area contributed by atoms with E-state index in [1.165, 1.54) is 10.5 Å². The van der Waals surface area contributed by atoms with Crippen molar-refractivity contribution in [1.82, 2.24) is 9.29 Å². The second kappa shape index (κ2) is 8.31. The summed E-state index contributed by atoms with van der Waals surface area (Å²) in [6, 6.07) is 3.22. The van der Waals surface area contributed by atoms with Gasteiger partial charge in [-0.1, -0.05) is 13.8 Å². The van der Waals surface area contributed by atoms with Gasteiger partial charge in [0.1, 0.15) is 0 Å². The minimum Gasteiger partial charge on any atom is -0.383 e. The second-order valence-corrected chi connectivity index (χ2v) is 6.60. The fraction of sp³-hybridized carbons (Fsp3) is 0.643. The van der Waals surface area contributed by atoms with Gasteiger partial charge in [-0.3, -0.25) is 0 Å². The van der Waals surface area contributed by atoms with Crippen molar-refractivity contribution >= 4 is 15.7 Å². The number of ether oxygens (including phenoxy) is 1. The number of pyridine rings is 1. The summed E-state index contributed by atoms with van der Waals surface area (Å²) in [4.78, 5) is 4.08. The fourth-order valence-corrected chi connectivity index (χ4v) is 3.85. The van der Waals surface area contributed by atoms with Crippen LogP contribution in [-0.2, 0) is 14.8 Å². The standard InChI is InChI=1S/C14H25N3O3S/c1-5-9-15-13-8-7-10-16-14(13)21(18,19)17(6-2)12(3)11-20-4/h7-8,10,12,15H,5-6,9,11H2,1-4H3. The van der Waals surface area contributed by atoms with Crippen molar-refractivity contribution in [3.63, 3.8) is 0 Å². The lowest BCUT2D eigenvalue weighted by atomic mass is 10.4. The van der Waals surface area contributed by atoms with Gasteiger partial charge in [0.25, 0.3) is 10.0 Å². The van der Waals surface area contributed by atoms with Crippen LogP contribution in [0.5, 0.6) is 0 Å². The van der Waals surface area contributed by atoms with Gasteiger partial charge in [0.2, 0.25) is 0 Å². The third-order valence-corrected chi connectivity index (χ3v) is 5.15. The molecular weight excluding hydrogens is 290 g/mol. The van der Waals surface area contributed by atoms with Crippen molar-refractivity contribution < 1.29 is 13.2 Å². The highest BCUT2D eigenvalue weighted by atomic mass is 32.2. The van der Waals surface area contributed by atoms with E-state index < -0.39 is 10.0 Å². The van der Waals surface area contributed by atoms with Crippen LogP contribution in [0.25, 0.3) is 0 Å². The molecule has 1 atom stereocenters. The van der Waals surface area contributed by atoms with Gasteiger partial charge in [-0.05, 0) is 25.5 Å². The molecule has 0 spiro atoms. The molecule has 120 valence electrons. The van der Waals surface area contributed by atoms with Gasteiger partial charge in [0.05, 0.1) is 12.3 Å². The molecule has 0 aliphatic rings. The summed E-state index contributed by atoms with van der Waals surface area (Å²) in [5, 5.41) is 3.19. The Morgan fingerprint density at radius 2 is 2.14 bits per heavy atom. The molecule has 0 aliphatic heterocycles. The van der Waals surface area contributed by atoms with Gasteiger partial charge in [0.15, 0.2) is 5.03 Å². The second-order valence-electron chi connectivity index (χ2n) is 4.80. The van der Waals surface area contributed by atoms with Crippen LogP contribution in [0.1, 0.15) is 27.2 Å². The van der Waals surface area contributed by atoms with Crippen LogP contribution in [0.4, 0.5) is 5.69 Å². The quantitative estimate of drug-likeness (QED) is 0.754. The van der Waals surface area contributed by atoms with Crippen LogP contribution in [0.3, 0.4) is 0 Å². The molecule has 0 radical (unpaired) electrons. The number of aromatic nitrogens is 1.